The van der Waals surface area contributed by atoms with Crippen molar-refractivity contribution < 1.29 is 14.3 Å². The highest BCUT2D eigenvalue weighted by atomic mass is 16.5. The standard InChI is InChI=1S/C18H28N4O3/c1-13-8-16(20(2)19-13)18(24)21-6-4-14(5-7-21)10-22-11-15(12-25-3)9-17(22)23/h8,14-15H,4-7,9-12H2,1-3H3. The van der Waals surface area contributed by atoms with Crippen molar-refractivity contribution in [1.29, 1.82) is 0 Å². The monoisotopic (exact) mass is 348 g/mol. The molecule has 2 saturated heterocycles. The molecular formula is C18H28N4O3. The molecule has 0 N–H and O–H groups in total. The third-order valence-corrected chi connectivity index (χ3v) is 5.30. The van der Waals surface area contributed by atoms with Gasteiger partial charge in [0.25, 0.3) is 5.91 Å². The normalized spacial score (nSPS) is 22.0. The van der Waals surface area contributed by atoms with E-state index >= 15 is 0 Å². The molecule has 7 nitrogen and oxygen atoms in total. The van der Waals surface area contributed by atoms with E-state index in [1.807, 2.05) is 29.8 Å². The summed E-state index contributed by atoms with van der Waals surface area (Å²) in [6.45, 7) is 5.66. The zero-order valence-electron chi connectivity index (χ0n) is 15.4. The molecule has 138 valence electrons. The summed E-state index contributed by atoms with van der Waals surface area (Å²) in [6.07, 6.45) is 2.49. The van der Waals surface area contributed by atoms with Crippen LogP contribution in [0.5, 0.6) is 0 Å². The van der Waals surface area contributed by atoms with Crippen LogP contribution in [-0.2, 0) is 16.6 Å². The number of nitrogens with zero attached hydrogens (tertiary/aromatic N) is 4. The highest BCUT2D eigenvalue weighted by Gasteiger charge is 2.32. The molecule has 0 aliphatic carbocycles. The molecule has 25 heavy (non-hydrogen) atoms. The van der Waals surface area contributed by atoms with Crippen LogP contribution in [0.2, 0.25) is 0 Å². The fourth-order valence-corrected chi connectivity index (χ4v) is 3.98. The predicted octanol–water partition coefficient (Wildman–Crippen LogP) is 1.08. The molecule has 3 heterocycles. The van der Waals surface area contributed by atoms with E-state index in [0.717, 1.165) is 44.7 Å². The molecule has 0 radical (unpaired) electrons. The molecule has 0 saturated carbocycles. The van der Waals surface area contributed by atoms with Gasteiger partial charge in [0.15, 0.2) is 0 Å². The molecule has 2 fully saturated rings. The third-order valence-electron chi connectivity index (χ3n) is 5.30. The van der Waals surface area contributed by atoms with Crippen LogP contribution in [0.3, 0.4) is 0 Å². The predicted molar refractivity (Wildman–Crippen MR) is 93.1 cm³/mol. The summed E-state index contributed by atoms with van der Waals surface area (Å²) in [5, 5.41) is 4.26. The van der Waals surface area contributed by atoms with Crippen molar-refractivity contribution in [2.75, 3.05) is 39.9 Å². The zero-order valence-corrected chi connectivity index (χ0v) is 15.4. The lowest BCUT2D eigenvalue weighted by Gasteiger charge is -2.34. The molecule has 0 spiro atoms. The number of hydrogen-bond donors (Lipinski definition) is 0. The molecule has 1 unspecified atom stereocenters. The van der Waals surface area contributed by atoms with Gasteiger partial charge in [0.2, 0.25) is 5.91 Å². The third kappa shape index (κ3) is 4.03. The van der Waals surface area contributed by atoms with Gasteiger partial charge in [-0.15, -0.1) is 0 Å². The molecule has 3 rings (SSSR count). The Labute approximate surface area is 148 Å². The minimum atomic E-state index is 0.0546. The second-order valence-corrected chi connectivity index (χ2v) is 7.35. The Morgan fingerprint density at radius 2 is 2.04 bits per heavy atom. The highest BCUT2D eigenvalue weighted by molar-refractivity contribution is 5.92. The van der Waals surface area contributed by atoms with Gasteiger partial charge in [-0.3, -0.25) is 14.3 Å². The Morgan fingerprint density at radius 1 is 1.32 bits per heavy atom. The molecule has 2 aliphatic rings. The number of ether oxygens (including phenoxy) is 1. The Morgan fingerprint density at radius 3 is 2.64 bits per heavy atom. The second kappa shape index (κ2) is 7.56. The first-order valence-electron chi connectivity index (χ1n) is 9.04. The van der Waals surface area contributed by atoms with Gasteiger partial charge in [-0.25, -0.2) is 0 Å². The summed E-state index contributed by atoms with van der Waals surface area (Å²) in [5.74, 6) is 1.10. The van der Waals surface area contributed by atoms with Gasteiger partial charge < -0.3 is 14.5 Å². The van der Waals surface area contributed by atoms with E-state index in [2.05, 4.69) is 5.10 Å². The lowest BCUT2D eigenvalue weighted by molar-refractivity contribution is -0.128. The Bertz CT molecular complexity index is 634. The number of piperidine rings is 1. The van der Waals surface area contributed by atoms with E-state index in [1.165, 1.54) is 0 Å². The summed E-state index contributed by atoms with van der Waals surface area (Å²) in [4.78, 5) is 28.7. The van der Waals surface area contributed by atoms with Crippen molar-refractivity contribution in [3.05, 3.63) is 17.5 Å². The quantitative estimate of drug-likeness (QED) is 0.798. The van der Waals surface area contributed by atoms with Gasteiger partial charge in [-0.2, -0.15) is 5.10 Å². The Hall–Kier alpha value is -1.89. The van der Waals surface area contributed by atoms with Crippen LogP contribution in [0.4, 0.5) is 0 Å². The van der Waals surface area contributed by atoms with Crippen molar-refractivity contribution >= 4 is 11.8 Å². The smallest absolute Gasteiger partial charge is 0.272 e. The zero-order chi connectivity index (χ0) is 18.0. The number of methoxy groups -OCH3 is 1. The van der Waals surface area contributed by atoms with Gasteiger partial charge in [0.1, 0.15) is 5.69 Å². The minimum absolute atomic E-state index is 0.0546. The van der Waals surface area contributed by atoms with E-state index in [4.69, 9.17) is 4.74 Å². The van der Waals surface area contributed by atoms with Crippen LogP contribution in [0.25, 0.3) is 0 Å². The maximum Gasteiger partial charge on any atom is 0.272 e. The summed E-state index contributed by atoms with van der Waals surface area (Å²) in [7, 11) is 3.49. The van der Waals surface area contributed by atoms with Gasteiger partial charge in [0, 0.05) is 52.7 Å². The SMILES string of the molecule is COCC1CC(=O)N(CC2CCN(C(=O)c3cc(C)nn3C)CC2)C1. The molecule has 0 aromatic carbocycles. The number of hydrogen-bond acceptors (Lipinski definition) is 4. The first kappa shape index (κ1) is 17.9. The van der Waals surface area contributed by atoms with Crippen LogP contribution >= 0.6 is 0 Å². The highest BCUT2D eigenvalue weighted by Crippen LogP contribution is 2.24. The number of amides is 2. The molecule has 0 bridgehead atoms. The van der Waals surface area contributed by atoms with E-state index in [0.29, 0.717) is 30.6 Å². The fourth-order valence-electron chi connectivity index (χ4n) is 3.98. The number of carbonyl (C=O) groups excluding carboxylic acids is 2. The van der Waals surface area contributed by atoms with E-state index in [1.54, 1.807) is 11.8 Å². The maximum absolute atomic E-state index is 12.6. The van der Waals surface area contributed by atoms with Crippen LogP contribution in [0.15, 0.2) is 6.07 Å². The molecule has 2 amide bonds. The first-order valence-corrected chi connectivity index (χ1v) is 9.04. The van der Waals surface area contributed by atoms with Crippen LogP contribution in [0, 0.1) is 18.8 Å². The van der Waals surface area contributed by atoms with Crippen molar-refractivity contribution in [1.82, 2.24) is 19.6 Å². The average Bonchev–Trinajstić information content (AvgIpc) is 3.09. The maximum atomic E-state index is 12.6. The molecule has 1 aromatic heterocycles. The number of rotatable bonds is 5. The Kier molecular flexibility index (Phi) is 5.42. The average molecular weight is 348 g/mol. The van der Waals surface area contributed by atoms with Crippen LogP contribution in [0.1, 0.15) is 35.4 Å². The summed E-state index contributed by atoms with van der Waals surface area (Å²) >= 11 is 0. The molecule has 1 atom stereocenters. The van der Waals surface area contributed by atoms with Crippen molar-refractivity contribution in [2.45, 2.75) is 26.2 Å². The van der Waals surface area contributed by atoms with Crippen LogP contribution < -0.4 is 0 Å². The van der Waals surface area contributed by atoms with Crippen molar-refractivity contribution in [3.8, 4) is 0 Å². The van der Waals surface area contributed by atoms with E-state index < -0.39 is 0 Å². The number of likely N-dealkylation sites (tertiary alicyclic amines) is 2. The largest absolute Gasteiger partial charge is 0.384 e. The van der Waals surface area contributed by atoms with E-state index in [-0.39, 0.29) is 11.8 Å². The first-order chi connectivity index (χ1) is 12.0. The second-order valence-electron chi connectivity index (χ2n) is 7.35. The summed E-state index contributed by atoms with van der Waals surface area (Å²) < 4.78 is 6.83. The molecule has 1 aromatic rings. The Balaban J connectivity index is 1.50. The number of aromatic nitrogens is 2. The van der Waals surface area contributed by atoms with E-state index in [9.17, 15) is 9.59 Å². The van der Waals surface area contributed by atoms with Crippen LogP contribution in [-0.4, -0.2) is 71.3 Å². The van der Waals surface area contributed by atoms with Gasteiger partial charge in [-0.05, 0) is 31.7 Å². The topological polar surface area (TPSA) is 67.7 Å². The van der Waals surface area contributed by atoms with Crippen molar-refractivity contribution in [3.63, 3.8) is 0 Å². The lowest BCUT2D eigenvalue weighted by Crippen LogP contribution is -2.42. The molecule has 7 heteroatoms. The number of carbonyl (C=O) groups is 2. The number of aryl methyl sites for hydroxylation is 2. The minimum Gasteiger partial charge on any atom is -0.384 e. The molecule has 2 aliphatic heterocycles. The lowest BCUT2D eigenvalue weighted by atomic mass is 9.96. The summed E-state index contributed by atoms with van der Waals surface area (Å²) in [6, 6.07) is 1.84. The van der Waals surface area contributed by atoms with Gasteiger partial charge in [0.05, 0.1) is 12.3 Å². The van der Waals surface area contributed by atoms with Gasteiger partial charge in [-0.1, -0.05) is 0 Å². The van der Waals surface area contributed by atoms with Crippen molar-refractivity contribution in [2.24, 2.45) is 18.9 Å². The van der Waals surface area contributed by atoms with Gasteiger partial charge >= 0.3 is 0 Å². The molecular weight excluding hydrogens is 320 g/mol. The summed E-state index contributed by atoms with van der Waals surface area (Å²) in [5.41, 5.74) is 1.51. The fraction of sp³-hybridized carbons (Fsp3) is 0.722.